The molecule has 0 unspecified atom stereocenters. The summed E-state index contributed by atoms with van der Waals surface area (Å²) in [5.74, 6) is 0. The van der Waals surface area contributed by atoms with Gasteiger partial charge < -0.3 is 4.42 Å². The van der Waals surface area contributed by atoms with Gasteiger partial charge in [-0.3, -0.25) is 0 Å². The van der Waals surface area contributed by atoms with Gasteiger partial charge in [0.25, 0.3) is 0 Å². The summed E-state index contributed by atoms with van der Waals surface area (Å²) in [6.45, 7) is 0. The molecule has 1 nitrogen and oxygen atoms in total. The molecule has 2 heteroatoms. The largest absolute Gasteiger partial charge is 0.455 e. The standard InChI is InChI=1S/C50H30OS/c1-3-15-32(16-4-1)45-48-43(52-50(45)33-17-5-2-6-18-33)29-28-41-47-40(24-13-25-42(47)51-49(41)48)46-38-22-11-9-20-36(38)44(37-21-10-12-23-39(37)46)35-27-26-31-14-7-8-19-34(31)30-35/h1-30H. The molecule has 0 bridgehead atoms. The zero-order valence-corrected chi connectivity index (χ0v) is 29.0. The quantitative estimate of drug-likeness (QED) is 0.169. The SMILES string of the molecule is c1ccc(-c2sc3ccc4c(oc5cccc(-c6c7ccccc7c(-c7ccc8ccccc8c7)c7ccccc67)c54)c3c2-c2ccccc2)cc1. The van der Waals surface area contributed by atoms with Crippen molar-refractivity contribution in [3.63, 3.8) is 0 Å². The van der Waals surface area contributed by atoms with Crippen LogP contribution in [0.2, 0.25) is 0 Å². The summed E-state index contributed by atoms with van der Waals surface area (Å²) in [4.78, 5) is 1.26. The zero-order valence-electron chi connectivity index (χ0n) is 28.1. The maximum absolute atomic E-state index is 7.00. The Morgan fingerprint density at radius 2 is 0.981 bits per heavy atom. The Morgan fingerprint density at radius 3 is 1.69 bits per heavy atom. The molecule has 9 aromatic carbocycles. The van der Waals surface area contributed by atoms with E-state index in [0.717, 1.165) is 21.9 Å². The Kier molecular flexibility index (Phi) is 6.49. The third-order valence-corrected chi connectivity index (χ3v) is 11.9. The lowest BCUT2D eigenvalue weighted by Crippen LogP contribution is -1.91. The molecule has 0 aliphatic heterocycles. The highest BCUT2D eigenvalue weighted by Gasteiger charge is 2.24. The number of rotatable bonds is 4. The predicted octanol–water partition coefficient (Wildman–Crippen LogP) is 14.9. The fraction of sp³-hybridized carbons (Fsp3) is 0. The van der Waals surface area contributed by atoms with E-state index in [1.165, 1.54) is 86.2 Å². The lowest BCUT2D eigenvalue weighted by molar-refractivity contribution is 0.673. The molecule has 0 fully saturated rings. The van der Waals surface area contributed by atoms with Gasteiger partial charge >= 0.3 is 0 Å². The summed E-state index contributed by atoms with van der Waals surface area (Å²) >= 11 is 1.84. The van der Waals surface area contributed by atoms with Gasteiger partial charge in [-0.05, 0) is 90.0 Å². The first-order valence-corrected chi connectivity index (χ1v) is 18.6. The van der Waals surface area contributed by atoms with Gasteiger partial charge in [-0.15, -0.1) is 11.3 Å². The van der Waals surface area contributed by atoms with Crippen LogP contribution >= 0.6 is 11.3 Å². The molecule has 11 rings (SSSR count). The molecular weight excluding hydrogens is 649 g/mol. The molecule has 0 saturated carbocycles. The van der Waals surface area contributed by atoms with E-state index in [1.54, 1.807) is 0 Å². The summed E-state index contributed by atoms with van der Waals surface area (Å²) < 4.78 is 8.23. The number of benzene rings is 9. The van der Waals surface area contributed by atoms with Gasteiger partial charge in [-0.25, -0.2) is 0 Å². The Labute approximate surface area is 304 Å². The first kappa shape index (κ1) is 29.3. The van der Waals surface area contributed by atoms with E-state index in [-0.39, 0.29) is 0 Å². The van der Waals surface area contributed by atoms with E-state index < -0.39 is 0 Å². The third kappa shape index (κ3) is 4.35. The fourth-order valence-electron chi connectivity index (χ4n) is 8.42. The van der Waals surface area contributed by atoms with Gasteiger partial charge in [-0.2, -0.15) is 0 Å². The fourth-order valence-corrected chi connectivity index (χ4v) is 9.65. The summed E-state index contributed by atoms with van der Waals surface area (Å²) in [6, 6.07) is 66.0. The number of hydrogen-bond acceptors (Lipinski definition) is 2. The van der Waals surface area contributed by atoms with Crippen molar-refractivity contribution in [2.75, 3.05) is 0 Å². The van der Waals surface area contributed by atoms with Gasteiger partial charge in [0, 0.05) is 31.3 Å². The van der Waals surface area contributed by atoms with Crippen molar-refractivity contribution >= 4 is 75.7 Å². The van der Waals surface area contributed by atoms with Crippen LogP contribution in [0.15, 0.2) is 186 Å². The monoisotopic (exact) mass is 678 g/mol. The highest BCUT2D eigenvalue weighted by molar-refractivity contribution is 7.23. The van der Waals surface area contributed by atoms with Gasteiger partial charge in [0.1, 0.15) is 11.2 Å². The zero-order chi connectivity index (χ0) is 34.2. The first-order valence-electron chi connectivity index (χ1n) is 17.8. The molecule has 0 amide bonds. The van der Waals surface area contributed by atoms with Crippen molar-refractivity contribution in [2.45, 2.75) is 0 Å². The van der Waals surface area contributed by atoms with Crippen LogP contribution in [0.3, 0.4) is 0 Å². The summed E-state index contributed by atoms with van der Waals surface area (Å²) in [5, 5.41) is 10.9. The average Bonchev–Trinajstić information content (AvgIpc) is 3.80. The van der Waals surface area contributed by atoms with Crippen LogP contribution < -0.4 is 0 Å². The van der Waals surface area contributed by atoms with Crippen LogP contribution in [-0.4, -0.2) is 0 Å². The summed E-state index contributed by atoms with van der Waals surface area (Å²) in [7, 11) is 0. The van der Waals surface area contributed by atoms with Crippen molar-refractivity contribution in [3.8, 4) is 43.8 Å². The minimum absolute atomic E-state index is 0.901. The topological polar surface area (TPSA) is 13.1 Å². The maximum Gasteiger partial charge on any atom is 0.144 e. The van der Waals surface area contributed by atoms with E-state index >= 15 is 0 Å². The highest BCUT2D eigenvalue weighted by Crippen LogP contribution is 2.51. The average molecular weight is 679 g/mol. The molecule has 0 aliphatic carbocycles. The van der Waals surface area contributed by atoms with Crippen molar-refractivity contribution in [2.24, 2.45) is 0 Å². The van der Waals surface area contributed by atoms with E-state index in [2.05, 4.69) is 182 Å². The first-order chi connectivity index (χ1) is 25.8. The van der Waals surface area contributed by atoms with Gasteiger partial charge in [0.2, 0.25) is 0 Å². The smallest absolute Gasteiger partial charge is 0.144 e. The molecule has 242 valence electrons. The highest BCUT2D eigenvalue weighted by atomic mass is 32.1. The second-order valence-electron chi connectivity index (χ2n) is 13.5. The van der Waals surface area contributed by atoms with Crippen LogP contribution in [0.5, 0.6) is 0 Å². The molecular formula is C50H30OS. The molecule has 0 saturated heterocycles. The van der Waals surface area contributed by atoms with Gasteiger partial charge in [0.15, 0.2) is 0 Å². The van der Waals surface area contributed by atoms with E-state index in [9.17, 15) is 0 Å². The Hall–Kier alpha value is -6.48. The van der Waals surface area contributed by atoms with Crippen LogP contribution in [0.25, 0.3) is 108 Å². The number of furan rings is 1. The molecule has 11 aromatic rings. The maximum atomic E-state index is 7.00. The van der Waals surface area contributed by atoms with Crippen molar-refractivity contribution < 1.29 is 4.42 Å². The van der Waals surface area contributed by atoms with Gasteiger partial charge in [-0.1, -0.05) is 158 Å². The molecule has 2 heterocycles. The minimum Gasteiger partial charge on any atom is -0.455 e. The molecule has 0 aliphatic rings. The van der Waals surface area contributed by atoms with Gasteiger partial charge in [0.05, 0.1) is 0 Å². The lowest BCUT2D eigenvalue weighted by atomic mass is 9.84. The molecule has 0 radical (unpaired) electrons. The van der Waals surface area contributed by atoms with Crippen LogP contribution in [0.4, 0.5) is 0 Å². The molecule has 52 heavy (non-hydrogen) atoms. The van der Waals surface area contributed by atoms with Crippen molar-refractivity contribution in [1.29, 1.82) is 0 Å². The Bertz CT molecular complexity index is 3110. The number of thiophene rings is 1. The predicted molar refractivity (Wildman–Crippen MR) is 223 cm³/mol. The lowest BCUT2D eigenvalue weighted by Gasteiger charge is -2.18. The summed E-state index contributed by atoms with van der Waals surface area (Å²) in [5.41, 5.74) is 10.4. The van der Waals surface area contributed by atoms with E-state index in [4.69, 9.17) is 4.42 Å². The molecule has 0 atom stereocenters. The van der Waals surface area contributed by atoms with Crippen molar-refractivity contribution in [1.82, 2.24) is 0 Å². The summed E-state index contributed by atoms with van der Waals surface area (Å²) in [6.07, 6.45) is 0. The normalized spacial score (nSPS) is 11.8. The van der Waals surface area contributed by atoms with Crippen molar-refractivity contribution in [3.05, 3.63) is 182 Å². The van der Waals surface area contributed by atoms with E-state index in [1.807, 2.05) is 11.3 Å². The molecule has 0 spiro atoms. The third-order valence-electron chi connectivity index (χ3n) is 10.7. The Morgan fingerprint density at radius 1 is 0.365 bits per heavy atom. The second kappa shape index (κ2) is 11.5. The van der Waals surface area contributed by atoms with Crippen LogP contribution in [0.1, 0.15) is 0 Å². The Balaban J connectivity index is 1.24. The van der Waals surface area contributed by atoms with Crippen LogP contribution in [0, 0.1) is 0 Å². The number of hydrogen-bond donors (Lipinski definition) is 0. The van der Waals surface area contributed by atoms with E-state index in [0.29, 0.717) is 0 Å². The van der Waals surface area contributed by atoms with Crippen LogP contribution in [-0.2, 0) is 0 Å². The molecule has 0 N–H and O–H groups in total. The molecule has 2 aromatic heterocycles. The number of fused-ring (bicyclic) bond motifs is 8. The second-order valence-corrected chi connectivity index (χ2v) is 14.6. The minimum atomic E-state index is 0.901.